The molecule has 6 heteroatoms. The monoisotopic (exact) mass is 307 g/mol. The minimum absolute atomic E-state index is 0.116. The van der Waals surface area contributed by atoms with Gasteiger partial charge in [-0.2, -0.15) is 0 Å². The summed E-state index contributed by atoms with van der Waals surface area (Å²) in [5.41, 5.74) is 0.885. The molecule has 0 N–H and O–H groups in total. The smallest absolute Gasteiger partial charge is 0.240 e. The number of amides is 1. The zero-order valence-corrected chi connectivity index (χ0v) is 13.6. The maximum absolute atomic E-state index is 12.9. The molecule has 1 aromatic rings. The summed E-state index contributed by atoms with van der Waals surface area (Å²) < 4.78 is 10.5. The highest BCUT2D eigenvalue weighted by molar-refractivity contribution is 5.82. The van der Waals surface area contributed by atoms with Crippen molar-refractivity contribution in [1.29, 1.82) is 0 Å². The summed E-state index contributed by atoms with van der Waals surface area (Å²) in [6.45, 7) is 2.37. The molecule has 22 heavy (non-hydrogen) atoms. The molecule has 2 heterocycles. The molecular weight excluding hydrogens is 282 g/mol. The van der Waals surface area contributed by atoms with E-state index in [1.54, 1.807) is 20.4 Å². The molecule has 0 radical (unpaired) electrons. The highest BCUT2D eigenvalue weighted by atomic mass is 16.5. The molecular formula is C16H25N3O3. The van der Waals surface area contributed by atoms with Gasteiger partial charge in [-0.15, -0.1) is 0 Å². The lowest BCUT2D eigenvalue weighted by Crippen LogP contribution is -2.45. The second kappa shape index (κ2) is 8.22. The summed E-state index contributed by atoms with van der Waals surface area (Å²) in [6, 6.07) is 5.61. The van der Waals surface area contributed by atoms with Crippen LogP contribution in [0.5, 0.6) is 0 Å². The third-order valence-electron chi connectivity index (χ3n) is 4.08. The fourth-order valence-electron chi connectivity index (χ4n) is 2.78. The topological polar surface area (TPSA) is 54.9 Å². The standard InChI is InChI=1S/C16H25N3O3/c1-18-12-14(22-3)10-15(18)16(20)19(8-9-21-2)11-13-6-4-5-7-17-13/h4-7,14-15H,8-12H2,1-3H3/t14-,15-/m0/s1. The van der Waals surface area contributed by atoms with Gasteiger partial charge in [0.25, 0.3) is 0 Å². The number of ether oxygens (including phenoxy) is 2. The zero-order valence-electron chi connectivity index (χ0n) is 13.6. The Labute approximate surface area is 132 Å². The van der Waals surface area contributed by atoms with Gasteiger partial charge in [0, 0.05) is 33.5 Å². The summed E-state index contributed by atoms with van der Waals surface area (Å²) in [6.07, 6.45) is 2.60. The van der Waals surface area contributed by atoms with Gasteiger partial charge in [-0.3, -0.25) is 14.7 Å². The van der Waals surface area contributed by atoms with Crippen molar-refractivity contribution in [1.82, 2.24) is 14.8 Å². The molecule has 1 aliphatic heterocycles. The molecule has 0 saturated carbocycles. The first-order chi connectivity index (χ1) is 10.7. The van der Waals surface area contributed by atoms with Crippen molar-refractivity contribution < 1.29 is 14.3 Å². The van der Waals surface area contributed by atoms with E-state index in [4.69, 9.17) is 9.47 Å². The van der Waals surface area contributed by atoms with E-state index >= 15 is 0 Å². The SMILES string of the molecule is COCCN(Cc1ccccn1)C(=O)[C@@H]1C[C@H](OC)CN1C. The maximum Gasteiger partial charge on any atom is 0.240 e. The number of aromatic nitrogens is 1. The van der Waals surface area contributed by atoms with E-state index in [1.165, 1.54) is 0 Å². The number of likely N-dealkylation sites (N-methyl/N-ethyl adjacent to an activating group) is 1. The Morgan fingerprint density at radius 1 is 1.45 bits per heavy atom. The molecule has 0 aromatic carbocycles. The van der Waals surface area contributed by atoms with Gasteiger partial charge in [-0.05, 0) is 25.6 Å². The summed E-state index contributed by atoms with van der Waals surface area (Å²) in [5, 5.41) is 0. The number of methoxy groups -OCH3 is 2. The van der Waals surface area contributed by atoms with Gasteiger partial charge in [0.2, 0.25) is 5.91 Å². The van der Waals surface area contributed by atoms with Gasteiger partial charge < -0.3 is 14.4 Å². The van der Waals surface area contributed by atoms with Crippen molar-refractivity contribution in [3.8, 4) is 0 Å². The molecule has 0 aliphatic carbocycles. The second-order valence-electron chi connectivity index (χ2n) is 5.62. The minimum atomic E-state index is -0.134. The van der Waals surface area contributed by atoms with Crippen LogP contribution in [-0.2, 0) is 20.8 Å². The quantitative estimate of drug-likeness (QED) is 0.745. The largest absolute Gasteiger partial charge is 0.383 e. The molecule has 0 bridgehead atoms. The van der Waals surface area contributed by atoms with Gasteiger partial charge in [0.05, 0.1) is 31.0 Å². The van der Waals surface area contributed by atoms with Crippen LogP contribution in [0.2, 0.25) is 0 Å². The first kappa shape index (κ1) is 16.9. The van der Waals surface area contributed by atoms with E-state index in [0.29, 0.717) is 19.7 Å². The van der Waals surface area contributed by atoms with Crippen molar-refractivity contribution in [2.75, 3.05) is 41.0 Å². The lowest BCUT2D eigenvalue weighted by molar-refractivity contribution is -0.137. The lowest BCUT2D eigenvalue weighted by Gasteiger charge is -2.28. The third kappa shape index (κ3) is 4.25. The molecule has 1 amide bonds. The molecule has 0 spiro atoms. The van der Waals surface area contributed by atoms with Crippen LogP contribution >= 0.6 is 0 Å². The lowest BCUT2D eigenvalue weighted by atomic mass is 10.1. The summed E-state index contributed by atoms with van der Waals surface area (Å²) in [7, 11) is 5.31. The van der Waals surface area contributed by atoms with Crippen LogP contribution in [0.4, 0.5) is 0 Å². The van der Waals surface area contributed by atoms with Crippen LogP contribution in [0.1, 0.15) is 12.1 Å². The van der Waals surface area contributed by atoms with E-state index < -0.39 is 0 Å². The van der Waals surface area contributed by atoms with Gasteiger partial charge in [-0.25, -0.2) is 0 Å². The minimum Gasteiger partial charge on any atom is -0.383 e. The van der Waals surface area contributed by atoms with Crippen LogP contribution in [0.15, 0.2) is 24.4 Å². The highest BCUT2D eigenvalue weighted by Crippen LogP contribution is 2.20. The van der Waals surface area contributed by atoms with E-state index in [-0.39, 0.29) is 18.1 Å². The molecule has 1 aromatic heterocycles. The average Bonchev–Trinajstić information content (AvgIpc) is 2.92. The molecule has 6 nitrogen and oxygen atoms in total. The van der Waals surface area contributed by atoms with Crippen molar-refractivity contribution >= 4 is 5.91 Å². The van der Waals surface area contributed by atoms with Crippen molar-refractivity contribution in [2.24, 2.45) is 0 Å². The predicted molar refractivity (Wildman–Crippen MR) is 83.4 cm³/mol. The first-order valence-electron chi connectivity index (χ1n) is 7.56. The fraction of sp³-hybridized carbons (Fsp3) is 0.625. The van der Waals surface area contributed by atoms with Gasteiger partial charge in [0.15, 0.2) is 0 Å². The van der Waals surface area contributed by atoms with Crippen molar-refractivity contribution in [3.63, 3.8) is 0 Å². The van der Waals surface area contributed by atoms with Crippen LogP contribution in [0.25, 0.3) is 0 Å². The van der Waals surface area contributed by atoms with Crippen molar-refractivity contribution in [2.45, 2.75) is 25.1 Å². The van der Waals surface area contributed by atoms with Crippen LogP contribution in [0, 0.1) is 0 Å². The number of nitrogens with zero attached hydrogens (tertiary/aromatic N) is 3. The summed E-state index contributed by atoms with van der Waals surface area (Å²) in [5.74, 6) is 0.116. The number of rotatable bonds is 7. The third-order valence-corrected chi connectivity index (χ3v) is 4.08. The Morgan fingerprint density at radius 2 is 2.27 bits per heavy atom. The molecule has 2 rings (SSSR count). The summed E-state index contributed by atoms with van der Waals surface area (Å²) in [4.78, 5) is 21.1. The fourth-order valence-corrected chi connectivity index (χ4v) is 2.78. The number of carbonyl (C=O) groups is 1. The number of pyridine rings is 1. The van der Waals surface area contributed by atoms with Crippen molar-refractivity contribution in [3.05, 3.63) is 30.1 Å². The molecule has 1 fully saturated rings. The van der Waals surface area contributed by atoms with Crippen LogP contribution in [0.3, 0.4) is 0 Å². The zero-order chi connectivity index (χ0) is 15.9. The normalized spacial score (nSPS) is 22.0. The average molecular weight is 307 g/mol. The Bertz CT molecular complexity index is 469. The number of likely N-dealkylation sites (tertiary alicyclic amines) is 1. The highest BCUT2D eigenvalue weighted by Gasteiger charge is 2.36. The number of hydrogen-bond donors (Lipinski definition) is 0. The van der Waals surface area contributed by atoms with E-state index in [0.717, 1.165) is 18.7 Å². The molecule has 1 saturated heterocycles. The Balaban J connectivity index is 2.05. The Hall–Kier alpha value is -1.50. The van der Waals surface area contributed by atoms with Crippen LogP contribution in [-0.4, -0.2) is 73.8 Å². The predicted octanol–water partition coefficient (Wildman–Crippen LogP) is 0.776. The van der Waals surface area contributed by atoms with E-state index in [2.05, 4.69) is 9.88 Å². The second-order valence-corrected chi connectivity index (χ2v) is 5.62. The van der Waals surface area contributed by atoms with E-state index in [9.17, 15) is 4.79 Å². The number of hydrogen-bond acceptors (Lipinski definition) is 5. The van der Waals surface area contributed by atoms with Gasteiger partial charge >= 0.3 is 0 Å². The maximum atomic E-state index is 12.9. The molecule has 1 aliphatic rings. The Morgan fingerprint density at radius 3 is 2.86 bits per heavy atom. The molecule has 2 atom stereocenters. The molecule has 0 unspecified atom stereocenters. The first-order valence-corrected chi connectivity index (χ1v) is 7.56. The van der Waals surface area contributed by atoms with Crippen LogP contribution < -0.4 is 0 Å². The van der Waals surface area contributed by atoms with E-state index in [1.807, 2.05) is 30.1 Å². The summed E-state index contributed by atoms with van der Waals surface area (Å²) >= 11 is 0. The number of carbonyl (C=O) groups excluding carboxylic acids is 1. The molecule has 122 valence electrons. The van der Waals surface area contributed by atoms with Gasteiger partial charge in [-0.1, -0.05) is 6.07 Å². The Kier molecular flexibility index (Phi) is 6.30. The van der Waals surface area contributed by atoms with Gasteiger partial charge in [0.1, 0.15) is 0 Å².